The number of amides is 1. The molecule has 1 N–H and O–H groups in total. The molecule has 2 aromatic carbocycles. The van der Waals surface area contributed by atoms with Crippen molar-refractivity contribution in [3.63, 3.8) is 0 Å². The zero-order chi connectivity index (χ0) is 22.9. The predicted octanol–water partition coefficient (Wildman–Crippen LogP) is 4.94. The normalized spacial score (nSPS) is 13.2. The van der Waals surface area contributed by atoms with Gasteiger partial charge in [-0.1, -0.05) is 29.3 Å². The molecule has 1 amide bonds. The second-order valence-corrected chi connectivity index (χ2v) is 7.75. The van der Waals surface area contributed by atoms with Crippen molar-refractivity contribution in [2.75, 3.05) is 19.8 Å². The molecule has 3 aromatic rings. The van der Waals surface area contributed by atoms with Crippen molar-refractivity contribution >= 4 is 29.1 Å². The Bertz CT molecular complexity index is 1160. The molecule has 2 heterocycles. The summed E-state index contributed by atoms with van der Waals surface area (Å²) in [4.78, 5) is 12.6. The highest BCUT2D eigenvalue weighted by atomic mass is 35.5. The minimum atomic E-state index is -4.81. The minimum Gasteiger partial charge on any atom is -0.486 e. The van der Waals surface area contributed by atoms with Gasteiger partial charge >= 0.3 is 6.18 Å². The van der Waals surface area contributed by atoms with Gasteiger partial charge < -0.3 is 14.8 Å². The Kier molecular flexibility index (Phi) is 6.21. The van der Waals surface area contributed by atoms with Gasteiger partial charge in [-0.25, -0.2) is 4.68 Å². The summed E-state index contributed by atoms with van der Waals surface area (Å²) in [6.07, 6.45) is -3.60. The van der Waals surface area contributed by atoms with Gasteiger partial charge in [0.05, 0.1) is 22.5 Å². The Labute approximate surface area is 190 Å². The van der Waals surface area contributed by atoms with Crippen LogP contribution < -0.4 is 14.8 Å². The fraction of sp³-hybridized carbons (Fsp3) is 0.238. The van der Waals surface area contributed by atoms with Crippen molar-refractivity contribution in [2.45, 2.75) is 12.6 Å². The molecule has 1 aliphatic heterocycles. The summed E-state index contributed by atoms with van der Waals surface area (Å²) in [7, 11) is 0. The third-order valence-electron chi connectivity index (χ3n) is 4.69. The lowest BCUT2D eigenvalue weighted by Gasteiger charge is -2.20. The molecule has 32 heavy (non-hydrogen) atoms. The van der Waals surface area contributed by atoms with Gasteiger partial charge in [-0.3, -0.25) is 4.79 Å². The van der Waals surface area contributed by atoms with Gasteiger partial charge in [0.15, 0.2) is 17.2 Å². The summed E-state index contributed by atoms with van der Waals surface area (Å²) < 4.78 is 52.9. The van der Waals surface area contributed by atoms with E-state index in [0.29, 0.717) is 40.8 Å². The second kappa shape index (κ2) is 8.91. The number of ether oxygens (including phenoxy) is 2. The maximum Gasteiger partial charge on any atom is 0.434 e. The molecule has 11 heteroatoms. The zero-order valence-electron chi connectivity index (χ0n) is 16.4. The van der Waals surface area contributed by atoms with Gasteiger partial charge in [0.25, 0.3) is 5.91 Å². The number of carbonyl (C=O) groups excluding carboxylic acids is 1. The number of alkyl halides is 3. The molecule has 0 bridgehead atoms. The van der Waals surface area contributed by atoms with E-state index < -0.39 is 23.3 Å². The molecule has 0 saturated carbocycles. The standard InChI is InChI=1S/C21H16Cl2F3N3O3/c22-13-2-1-3-14(10-13)29-19(21(24,25)26)15(11-28-29)20(30)27-5-4-12-8-16(23)18-17(9-12)31-6-7-32-18/h1-3,8-11H,4-7H2,(H,27,30). The summed E-state index contributed by atoms with van der Waals surface area (Å²) in [5.41, 5.74) is -0.933. The SMILES string of the molecule is O=C(NCCc1cc(Cl)c2c(c1)OCCO2)c1cnn(-c2cccc(Cl)c2)c1C(F)(F)F. The minimum absolute atomic E-state index is 0.0778. The fourth-order valence-electron chi connectivity index (χ4n) is 3.32. The lowest BCUT2D eigenvalue weighted by molar-refractivity contribution is -0.143. The molecule has 1 aliphatic rings. The van der Waals surface area contributed by atoms with Crippen LogP contribution >= 0.6 is 23.2 Å². The second-order valence-electron chi connectivity index (χ2n) is 6.90. The topological polar surface area (TPSA) is 65.4 Å². The Hall–Kier alpha value is -2.91. The number of nitrogens with zero attached hydrogens (tertiary/aromatic N) is 2. The average Bonchev–Trinajstić information content (AvgIpc) is 3.20. The maximum absolute atomic E-state index is 13.8. The number of carbonyl (C=O) groups is 1. The molecule has 0 saturated heterocycles. The van der Waals surface area contributed by atoms with Crippen molar-refractivity contribution < 1.29 is 27.4 Å². The first-order chi connectivity index (χ1) is 15.2. The first-order valence-corrected chi connectivity index (χ1v) is 10.3. The number of nitrogens with one attached hydrogen (secondary N) is 1. The van der Waals surface area contributed by atoms with E-state index in [1.54, 1.807) is 12.1 Å². The molecule has 0 aliphatic carbocycles. The molecule has 6 nitrogen and oxygen atoms in total. The zero-order valence-corrected chi connectivity index (χ0v) is 17.9. The first-order valence-electron chi connectivity index (χ1n) is 9.51. The highest BCUT2D eigenvalue weighted by molar-refractivity contribution is 6.32. The number of halogens is 5. The van der Waals surface area contributed by atoms with Crippen molar-refractivity contribution in [1.82, 2.24) is 15.1 Å². The van der Waals surface area contributed by atoms with Gasteiger partial charge in [-0.05, 0) is 42.3 Å². The highest BCUT2D eigenvalue weighted by Crippen LogP contribution is 2.38. The van der Waals surface area contributed by atoms with Gasteiger partial charge in [0, 0.05) is 11.6 Å². The molecule has 1 aromatic heterocycles. The maximum atomic E-state index is 13.8. The van der Waals surface area contributed by atoms with Crippen LogP contribution in [0.1, 0.15) is 21.6 Å². The van der Waals surface area contributed by atoms with Crippen LogP contribution in [0.3, 0.4) is 0 Å². The molecule has 0 spiro atoms. The van der Waals surface area contributed by atoms with E-state index in [0.717, 1.165) is 11.8 Å². The Morgan fingerprint density at radius 3 is 2.69 bits per heavy atom. The quantitative estimate of drug-likeness (QED) is 0.555. The Morgan fingerprint density at radius 2 is 1.94 bits per heavy atom. The van der Waals surface area contributed by atoms with Gasteiger partial charge in [-0.2, -0.15) is 18.3 Å². The fourth-order valence-corrected chi connectivity index (χ4v) is 3.79. The highest BCUT2D eigenvalue weighted by Gasteiger charge is 2.40. The van der Waals surface area contributed by atoms with Crippen LogP contribution in [0.2, 0.25) is 10.0 Å². The van der Waals surface area contributed by atoms with Gasteiger partial charge in [0.1, 0.15) is 13.2 Å². The van der Waals surface area contributed by atoms with E-state index in [1.807, 2.05) is 0 Å². The van der Waals surface area contributed by atoms with Crippen molar-refractivity contribution in [1.29, 1.82) is 0 Å². The molecule has 0 atom stereocenters. The smallest absolute Gasteiger partial charge is 0.434 e. The Morgan fingerprint density at radius 1 is 1.16 bits per heavy atom. The monoisotopic (exact) mass is 485 g/mol. The number of rotatable bonds is 5. The summed E-state index contributed by atoms with van der Waals surface area (Å²) >= 11 is 12.1. The molecule has 0 radical (unpaired) electrons. The number of fused-ring (bicyclic) bond motifs is 1. The molecule has 0 fully saturated rings. The van der Waals surface area contributed by atoms with Gasteiger partial charge in [0.2, 0.25) is 0 Å². The summed E-state index contributed by atoms with van der Waals surface area (Å²) in [5, 5.41) is 6.88. The first kappa shape index (κ1) is 22.3. The van der Waals surface area contributed by atoms with E-state index in [-0.39, 0.29) is 17.3 Å². The number of hydrogen-bond acceptors (Lipinski definition) is 4. The van der Waals surface area contributed by atoms with Crippen LogP contribution in [0.5, 0.6) is 11.5 Å². The summed E-state index contributed by atoms with van der Waals surface area (Å²) in [5.74, 6) is 0.0513. The molecule has 0 unspecified atom stereocenters. The van der Waals surface area contributed by atoms with Crippen molar-refractivity contribution in [3.05, 3.63) is 69.5 Å². The molecular formula is C21H16Cl2F3N3O3. The summed E-state index contributed by atoms with van der Waals surface area (Å²) in [6, 6.07) is 9.17. The van der Waals surface area contributed by atoms with Crippen molar-refractivity contribution in [3.8, 4) is 17.2 Å². The lowest BCUT2D eigenvalue weighted by atomic mass is 10.1. The Balaban J connectivity index is 1.51. The van der Waals surface area contributed by atoms with E-state index in [9.17, 15) is 18.0 Å². The molecular weight excluding hydrogens is 470 g/mol. The van der Waals surface area contributed by atoms with E-state index in [1.165, 1.54) is 24.3 Å². The number of benzene rings is 2. The van der Waals surface area contributed by atoms with Crippen LogP contribution in [-0.2, 0) is 12.6 Å². The van der Waals surface area contributed by atoms with E-state index in [2.05, 4.69) is 10.4 Å². The van der Waals surface area contributed by atoms with Crippen LogP contribution in [0, 0.1) is 0 Å². The third kappa shape index (κ3) is 4.63. The summed E-state index contributed by atoms with van der Waals surface area (Å²) in [6.45, 7) is 0.862. The lowest BCUT2D eigenvalue weighted by Crippen LogP contribution is -2.28. The van der Waals surface area contributed by atoms with Crippen molar-refractivity contribution in [2.24, 2.45) is 0 Å². The van der Waals surface area contributed by atoms with Crippen LogP contribution in [0.25, 0.3) is 5.69 Å². The predicted molar refractivity (Wildman–Crippen MR) is 112 cm³/mol. The molecule has 4 rings (SSSR count). The van der Waals surface area contributed by atoms with Crippen LogP contribution in [0.15, 0.2) is 42.6 Å². The number of aromatic nitrogens is 2. The average molecular weight is 486 g/mol. The van der Waals surface area contributed by atoms with Crippen LogP contribution in [0.4, 0.5) is 13.2 Å². The van der Waals surface area contributed by atoms with E-state index in [4.69, 9.17) is 32.7 Å². The number of hydrogen-bond donors (Lipinski definition) is 1. The molecule has 168 valence electrons. The third-order valence-corrected chi connectivity index (χ3v) is 5.21. The van der Waals surface area contributed by atoms with Crippen LogP contribution in [-0.4, -0.2) is 35.4 Å². The van der Waals surface area contributed by atoms with E-state index >= 15 is 0 Å². The largest absolute Gasteiger partial charge is 0.486 e. The van der Waals surface area contributed by atoms with Gasteiger partial charge in [-0.15, -0.1) is 0 Å².